The molecule has 1 fully saturated rings. The van der Waals surface area contributed by atoms with Crippen LogP contribution in [0, 0.1) is 25.6 Å². The van der Waals surface area contributed by atoms with Crippen molar-refractivity contribution in [2.24, 2.45) is 5.92 Å². The van der Waals surface area contributed by atoms with Gasteiger partial charge in [0.1, 0.15) is 5.82 Å². The highest BCUT2D eigenvalue weighted by atomic mass is 19.1. The van der Waals surface area contributed by atoms with Crippen LogP contribution in [-0.4, -0.2) is 23.9 Å². The van der Waals surface area contributed by atoms with Crippen LogP contribution >= 0.6 is 0 Å². The number of piperidine rings is 1. The van der Waals surface area contributed by atoms with Crippen molar-refractivity contribution < 1.29 is 9.18 Å². The fourth-order valence-corrected chi connectivity index (χ4v) is 3.98. The first-order valence-electron chi connectivity index (χ1n) is 9.76. The zero-order valence-corrected chi connectivity index (χ0v) is 16.5. The monoisotopic (exact) mass is 368 g/mol. The van der Waals surface area contributed by atoms with Crippen LogP contribution in [0.5, 0.6) is 0 Å². The van der Waals surface area contributed by atoms with Crippen LogP contribution in [0.25, 0.3) is 0 Å². The summed E-state index contributed by atoms with van der Waals surface area (Å²) in [4.78, 5) is 15.1. The molecule has 2 atom stereocenters. The third-order valence-corrected chi connectivity index (χ3v) is 5.45. The number of nitrogens with one attached hydrogen (secondary N) is 1. The average Bonchev–Trinajstić information content (AvgIpc) is 2.63. The van der Waals surface area contributed by atoms with Crippen LogP contribution in [0.4, 0.5) is 4.39 Å². The molecule has 0 radical (unpaired) electrons. The maximum atomic E-state index is 13.1. The van der Waals surface area contributed by atoms with Gasteiger partial charge in [-0.3, -0.25) is 9.69 Å². The highest BCUT2D eigenvalue weighted by molar-refractivity contribution is 5.79. The Hall–Kier alpha value is -2.20. The number of carbonyl (C=O) groups excluding carboxylic acids is 1. The molecule has 0 aliphatic carbocycles. The second-order valence-electron chi connectivity index (χ2n) is 7.79. The molecule has 1 N–H and O–H groups in total. The molecular weight excluding hydrogens is 339 g/mol. The molecule has 0 aromatic heterocycles. The van der Waals surface area contributed by atoms with E-state index >= 15 is 0 Å². The molecular formula is C23H29FN2O. The third-order valence-electron chi connectivity index (χ3n) is 5.45. The largest absolute Gasteiger partial charge is 0.349 e. The molecule has 144 valence electrons. The Morgan fingerprint density at radius 2 is 1.96 bits per heavy atom. The van der Waals surface area contributed by atoms with Crippen molar-refractivity contribution >= 4 is 5.91 Å². The Morgan fingerprint density at radius 3 is 2.67 bits per heavy atom. The SMILES string of the molecule is Cc1ccc(C(C)NC(=O)C2CCCN(Cc3ccc(F)cc3)C2)c(C)c1. The zero-order valence-electron chi connectivity index (χ0n) is 16.5. The summed E-state index contributed by atoms with van der Waals surface area (Å²) in [5, 5.41) is 3.20. The van der Waals surface area contributed by atoms with E-state index in [1.165, 1.54) is 28.8 Å². The highest BCUT2D eigenvalue weighted by Gasteiger charge is 2.27. The summed E-state index contributed by atoms with van der Waals surface area (Å²) in [6, 6.07) is 13.0. The van der Waals surface area contributed by atoms with Crippen molar-refractivity contribution in [2.45, 2.75) is 46.2 Å². The Morgan fingerprint density at radius 1 is 1.22 bits per heavy atom. The molecule has 2 aromatic rings. The summed E-state index contributed by atoms with van der Waals surface area (Å²) in [7, 11) is 0. The Kier molecular flexibility index (Phi) is 6.27. The van der Waals surface area contributed by atoms with Gasteiger partial charge in [-0.1, -0.05) is 35.9 Å². The molecule has 1 aliphatic rings. The second kappa shape index (κ2) is 8.66. The topological polar surface area (TPSA) is 32.3 Å². The number of likely N-dealkylation sites (tertiary alicyclic amines) is 1. The normalized spacial score (nSPS) is 18.9. The first kappa shape index (κ1) is 19.6. The van der Waals surface area contributed by atoms with Crippen molar-refractivity contribution in [1.82, 2.24) is 10.2 Å². The van der Waals surface area contributed by atoms with Crippen LogP contribution in [0.2, 0.25) is 0 Å². The predicted octanol–water partition coefficient (Wildman–Crippen LogP) is 4.53. The highest BCUT2D eigenvalue weighted by Crippen LogP contribution is 2.22. The van der Waals surface area contributed by atoms with E-state index in [1.807, 2.05) is 12.1 Å². The van der Waals surface area contributed by atoms with Crippen molar-refractivity contribution in [1.29, 1.82) is 0 Å². The van der Waals surface area contributed by atoms with Gasteiger partial charge in [-0.2, -0.15) is 0 Å². The summed E-state index contributed by atoms with van der Waals surface area (Å²) in [6.45, 7) is 8.72. The molecule has 27 heavy (non-hydrogen) atoms. The summed E-state index contributed by atoms with van der Waals surface area (Å²) >= 11 is 0. The Bertz CT molecular complexity index is 787. The molecule has 3 rings (SSSR count). The van der Waals surface area contributed by atoms with Crippen LogP contribution in [-0.2, 0) is 11.3 Å². The van der Waals surface area contributed by atoms with Gasteiger partial charge in [-0.05, 0) is 69.0 Å². The molecule has 3 nitrogen and oxygen atoms in total. The number of rotatable bonds is 5. The van der Waals surface area contributed by atoms with Crippen LogP contribution in [0.15, 0.2) is 42.5 Å². The maximum absolute atomic E-state index is 13.1. The predicted molar refractivity (Wildman–Crippen MR) is 107 cm³/mol. The van der Waals surface area contributed by atoms with Gasteiger partial charge in [0, 0.05) is 13.1 Å². The van der Waals surface area contributed by atoms with Gasteiger partial charge < -0.3 is 5.32 Å². The van der Waals surface area contributed by atoms with E-state index in [9.17, 15) is 9.18 Å². The smallest absolute Gasteiger partial charge is 0.224 e. The van der Waals surface area contributed by atoms with Crippen molar-refractivity contribution in [2.75, 3.05) is 13.1 Å². The van der Waals surface area contributed by atoms with E-state index in [0.717, 1.165) is 38.0 Å². The lowest BCUT2D eigenvalue weighted by molar-refractivity contribution is -0.127. The van der Waals surface area contributed by atoms with Crippen molar-refractivity contribution in [3.8, 4) is 0 Å². The van der Waals surface area contributed by atoms with Gasteiger partial charge in [0.15, 0.2) is 0 Å². The summed E-state index contributed by atoms with van der Waals surface area (Å²) in [6.07, 6.45) is 1.93. The number of amides is 1. The second-order valence-corrected chi connectivity index (χ2v) is 7.79. The van der Waals surface area contributed by atoms with Gasteiger partial charge in [0.25, 0.3) is 0 Å². The zero-order chi connectivity index (χ0) is 19.4. The van der Waals surface area contributed by atoms with Gasteiger partial charge in [-0.25, -0.2) is 4.39 Å². The summed E-state index contributed by atoms with van der Waals surface area (Å²) < 4.78 is 13.1. The molecule has 4 heteroatoms. The fraction of sp³-hybridized carbons (Fsp3) is 0.435. The summed E-state index contributed by atoms with van der Waals surface area (Å²) in [5.74, 6) is -0.0753. The number of halogens is 1. The third kappa shape index (κ3) is 5.16. The molecule has 2 unspecified atom stereocenters. The quantitative estimate of drug-likeness (QED) is 0.841. The molecule has 0 spiro atoms. The molecule has 0 saturated carbocycles. The van der Waals surface area contributed by atoms with Crippen molar-refractivity contribution in [3.05, 3.63) is 70.5 Å². The van der Waals surface area contributed by atoms with Gasteiger partial charge in [-0.15, -0.1) is 0 Å². The minimum atomic E-state index is -0.213. The number of hydrogen-bond donors (Lipinski definition) is 1. The van der Waals surface area contributed by atoms with E-state index in [1.54, 1.807) is 0 Å². The average molecular weight is 368 g/mol. The summed E-state index contributed by atoms with van der Waals surface area (Å²) in [5.41, 5.74) is 4.71. The number of benzene rings is 2. The van der Waals surface area contributed by atoms with Crippen LogP contribution < -0.4 is 5.32 Å². The first-order chi connectivity index (χ1) is 12.9. The Labute approximate surface area is 161 Å². The number of carbonyl (C=O) groups is 1. The lowest BCUT2D eigenvalue weighted by Gasteiger charge is -2.32. The first-order valence-corrected chi connectivity index (χ1v) is 9.76. The van der Waals surface area contributed by atoms with E-state index in [2.05, 4.69) is 49.2 Å². The minimum Gasteiger partial charge on any atom is -0.349 e. The van der Waals surface area contributed by atoms with E-state index < -0.39 is 0 Å². The van der Waals surface area contributed by atoms with Crippen molar-refractivity contribution in [3.63, 3.8) is 0 Å². The molecule has 1 amide bonds. The van der Waals surface area contributed by atoms with E-state index in [-0.39, 0.29) is 23.7 Å². The molecule has 2 aromatic carbocycles. The molecule has 0 bridgehead atoms. The number of nitrogens with zero attached hydrogens (tertiary/aromatic N) is 1. The van der Waals surface area contributed by atoms with Gasteiger partial charge >= 0.3 is 0 Å². The van der Waals surface area contributed by atoms with Crippen LogP contribution in [0.3, 0.4) is 0 Å². The van der Waals surface area contributed by atoms with E-state index in [4.69, 9.17) is 0 Å². The number of hydrogen-bond acceptors (Lipinski definition) is 2. The van der Waals surface area contributed by atoms with Crippen LogP contribution in [0.1, 0.15) is 48.1 Å². The molecule has 1 aliphatic heterocycles. The van der Waals surface area contributed by atoms with Gasteiger partial charge in [0.2, 0.25) is 5.91 Å². The number of aryl methyl sites for hydroxylation is 2. The minimum absolute atomic E-state index is 0.00516. The molecule has 1 heterocycles. The lowest BCUT2D eigenvalue weighted by atomic mass is 9.95. The van der Waals surface area contributed by atoms with Gasteiger partial charge in [0.05, 0.1) is 12.0 Å². The lowest BCUT2D eigenvalue weighted by Crippen LogP contribution is -2.43. The standard InChI is InChI=1S/C23H29FN2O/c1-16-6-11-22(17(2)13-16)18(3)25-23(27)20-5-4-12-26(15-20)14-19-7-9-21(24)10-8-19/h6-11,13,18,20H,4-5,12,14-15H2,1-3H3,(H,25,27). The van der Waals surface area contributed by atoms with E-state index in [0.29, 0.717) is 0 Å². The maximum Gasteiger partial charge on any atom is 0.224 e. The Balaban J connectivity index is 1.58. The fourth-order valence-electron chi connectivity index (χ4n) is 3.98. The molecule has 1 saturated heterocycles.